The van der Waals surface area contributed by atoms with Gasteiger partial charge in [-0.2, -0.15) is 0 Å². The predicted molar refractivity (Wildman–Crippen MR) is 72.1 cm³/mol. The normalized spacial score (nSPS) is 10.6. The van der Waals surface area contributed by atoms with Crippen molar-refractivity contribution in [2.24, 2.45) is 0 Å². The van der Waals surface area contributed by atoms with Gasteiger partial charge in [0.15, 0.2) is 0 Å². The zero-order valence-electron chi connectivity index (χ0n) is 11.0. The maximum absolute atomic E-state index is 11.6. The van der Waals surface area contributed by atoms with Crippen molar-refractivity contribution >= 4 is 11.6 Å². The van der Waals surface area contributed by atoms with Gasteiger partial charge in [-0.15, -0.1) is 0 Å². The van der Waals surface area contributed by atoms with E-state index in [9.17, 15) is 4.79 Å². The number of carbonyl (C=O) groups excluding carboxylic acids is 1. The number of para-hydroxylation sites is 1. The van der Waals surface area contributed by atoms with Crippen molar-refractivity contribution in [1.29, 1.82) is 0 Å². The number of ether oxygens (including phenoxy) is 1. The Labute approximate surface area is 108 Å². The van der Waals surface area contributed by atoms with Gasteiger partial charge in [-0.1, -0.05) is 18.2 Å². The average molecular weight is 251 g/mol. The molecule has 0 unspecified atom stereocenters. The number of nitrogens with two attached hydrogens (primary N) is 1. The molecule has 0 saturated heterocycles. The minimum Gasteiger partial charge on any atom is -0.398 e. The Balaban J connectivity index is 2.35. The lowest BCUT2D eigenvalue weighted by molar-refractivity contribution is -0.122. The van der Waals surface area contributed by atoms with Gasteiger partial charge in [0.25, 0.3) is 0 Å². The quantitative estimate of drug-likeness (QED) is 0.546. The molecule has 100 valence electrons. The van der Waals surface area contributed by atoms with Gasteiger partial charge < -0.3 is 15.8 Å². The minimum absolute atomic E-state index is 0.0101. The van der Waals surface area contributed by atoms with Crippen LogP contribution in [-0.2, 0) is 16.1 Å². The number of hydrogen-bond donors (Lipinski definition) is 2. The van der Waals surface area contributed by atoms with E-state index in [0.29, 0.717) is 26.2 Å². The number of likely N-dealkylation sites (N-methyl/N-ethyl adjacent to an activating group) is 1. The average Bonchev–Trinajstić information content (AvgIpc) is 2.32. The number of anilines is 1. The summed E-state index contributed by atoms with van der Waals surface area (Å²) in [6.45, 7) is 2.07. The number of rotatable bonds is 7. The van der Waals surface area contributed by atoms with Gasteiger partial charge in [0, 0.05) is 25.9 Å². The Bertz CT molecular complexity index is 382. The van der Waals surface area contributed by atoms with Gasteiger partial charge in [-0.25, -0.2) is 0 Å². The summed E-state index contributed by atoms with van der Waals surface area (Å²) in [5.74, 6) is -0.0101. The molecule has 0 fully saturated rings. The fourth-order valence-corrected chi connectivity index (χ4v) is 1.62. The number of carbonyl (C=O) groups is 1. The number of methoxy groups -OCH3 is 1. The molecule has 0 bridgehead atoms. The van der Waals surface area contributed by atoms with Crippen LogP contribution in [-0.4, -0.2) is 44.7 Å². The third-order valence-electron chi connectivity index (χ3n) is 2.54. The molecular formula is C13H21N3O2. The van der Waals surface area contributed by atoms with E-state index in [1.54, 1.807) is 7.11 Å². The third kappa shape index (κ3) is 5.16. The van der Waals surface area contributed by atoms with Gasteiger partial charge in [-0.05, 0) is 18.7 Å². The maximum atomic E-state index is 11.6. The minimum atomic E-state index is -0.0101. The Hall–Kier alpha value is -1.59. The second-order valence-electron chi connectivity index (χ2n) is 4.21. The number of hydrogen-bond acceptors (Lipinski definition) is 4. The van der Waals surface area contributed by atoms with Crippen LogP contribution in [0.3, 0.4) is 0 Å². The van der Waals surface area contributed by atoms with Crippen LogP contribution in [0, 0.1) is 0 Å². The van der Waals surface area contributed by atoms with Gasteiger partial charge >= 0.3 is 0 Å². The fourth-order valence-electron chi connectivity index (χ4n) is 1.62. The van der Waals surface area contributed by atoms with E-state index in [0.717, 1.165) is 11.3 Å². The van der Waals surface area contributed by atoms with Gasteiger partial charge in [0.05, 0.1) is 13.2 Å². The lowest BCUT2D eigenvalue weighted by atomic mass is 10.2. The summed E-state index contributed by atoms with van der Waals surface area (Å²) < 4.78 is 4.86. The summed E-state index contributed by atoms with van der Waals surface area (Å²) in [4.78, 5) is 13.5. The summed E-state index contributed by atoms with van der Waals surface area (Å²) >= 11 is 0. The van der Waals surface area contributed by atoms with Crippen molar-refractivity contribution in [3.8, 4) is 0 Å². The smallest absolute Gasteiger partial charge is 0.234 e. The van der Waals surface area contributed by atoms with Crippen molar-refractivity contribution in [2.75, 3.05) is 39.6 Å². The highest BCUT2D eigenvalue weighted by Gasteiger charge is 2.07. The molecule has 0 radical (unpaired) electrons. The largest absolute Gasteiger partial charge is 0.398 e. The van der Waals surface area contributed by atoms with E-state index >= 15 is 0 Å². The van der Waals surface area contributed by atoms with E-state index < -0.39 is 0 Å². The zero-order chi connectivity index (χ0) is 13.4. The second-order valence-corrected chi connectivity index (χ2v) is 4.21. The lowest BCUT2D eigenvalue weighted by Gasteiger charge is -2.17. The van der Waals surface area contributed by atoms with E-state index in [1.807, 2.05) is 36.2 Å². The van der Waals surface area contributed by atoms with Crippen molar-refractivity contribution in [3.05, 3.63) is 29.8 Å². The van der Waals surface area contributed by atoms with Gasteiger partial charge in [0.1, 0.15) is 0 Å². The summed E-state index contributed by atoms with van der Waals surface area (Å²) in [6.07, 6.45) is 0. The van der Waals surface area contributed by atoms with Crippen molar-refractivity contribution in [3.63, 3.8) is 0 Å². The van der Waals surface area contributed by atoms with Crippen LogP contribution in [0.25, 0.3) is 0 Å². The van der Waals surface area contributed by atoms with Crippen LogP contribution < -0.4 is 11.1 Å². The summed E-state index contributed by atoms with van der Waals surface area (Å²) in [5.41, 5.74) is 7.64. The van der Waals surface area contributed by atoms with Crippen LogP contribution >= 0.6 is 0 Å². The van der Waals surface area contributed by atoms with E-state index in [4.69, 9.17) is 10.5 Å². The van der Waals surface area contributed by atoms with Gasteiger partial charge in [0.2, 0.25) is 5.91 Å². The number of nitrogens with zero attached hydrogens (tertiary/aromatic N) is 1. The van der Waals surface area contributed by atoms with Gasteiger partial charge in [-0.3, -0.25) is 9.69 Å². The first-order valence-electron chi connectivity index (χ1n) is 5.91. The highest BCUT2D eigenvalue weighted by atomic mass is 16.5. The van der Waals surface area contributed by atoms with E-state index in [2.05, 4.69) is 5.32 Å². The Morgan fingerprint density at radius 1 is 1.44 bits per heavy atom. The highest BCUT2D eigenvalue weighted by Crippen LogP contribution is 2.12. The molecule has 5 heteroatoms. The molecule has 1 aromatic carbocycles. The van der Waals surface area contributed by atoms with Crippen LogP contribution in [0.15, 0.2) is 24.3 Å². The molecule has 18 heavy (non-hydrogen) atoms. The molecule has 0 spiro atoms. The second kappa shape index (κ2) is 7.68. The third-order valence-corrected chi connectivity index (χ3v) is 2.54. The maximum Gasteiger partial charge on any atom is 0.234 e. The molecule has 0 aliphatic carbocycles. The van der Waals surface area contributed by atoms with E-state index in [-0.39, 0.29) is 5.91 Å². The van der Waals surface area contributed by atoms with Crippen LogP contribution in [0.4, 0.5) is 5.69 Å². The van der Waals surface area contributed by atoms with E-state index in [1.165, 1.54) is 0 Å². The Kier molecular flexibility index (Phi) is 6.18. The highest BCUT2D eigenvalue weighted by molar-refractivity contribution is 5.77. The number of benzene rings is 1. The molecule has 1 aromatic rings. The molecule has 0 saturated carbocycles. The van der Waals surface area contributed by atoms with Crippen molar-refractivity contribution in [1.82, 2.24) is 10.2 Å². The zero-order valence-corrected chi connectivity index (χ0v) is 11.0. The molecule has 1 amide bonds. The molecule has 0 aliphatic heterocycles. The monoisotopic (exact) mass is 251 g/mol. The molecule has 3 N–H and O–H groups in total. The van der Waals surface area contributed by atoms with Crippen molar-refractivity contribution in [2.45, 2.75) is 6.54 Å². The summed E-state index contributed by atoms with van der Waals surface area (Å²) in [6, 6.07) is 7.67. The summed E-state index contributed by atoms with van der Waals surface area (Å²) in [5, 5.41) is 2.78. The standard InChI is InChI=1S/C13H21N3O2/c1-16(10-13(17)15-7-8-18-2)9-11-5-3-4-6-12(11)14/h3-6H,7-10,14H2,1-2H3,(H,15,17). The Morgan fingerprint density at radius 2 is 2.17 bits per heavy atom. The SMILES string of the molecule is COCCNC(=O)CN(C)Cc1ccccc1N. The van der Waals surface area contributed by atoms with Crippen LogP contribution in [0.5, 0.6) is 0 Å². The molecule has 0 aromatic heterocycles. The molecule has 5 nitrogen and oxygen atoms in total. The first-order chi connectivity index (χ1) is 8.63. The number of amides is 1. The van der Waals surface area contributed by atoms with Crippen LogP contribution in [0.1, 0.15) is 5.56 Å². The predicted octanol–water partition coefficient (Wildman–Crippen LogP) is 0.463. The summed E-state index contributed by atoms with van der Waals surface area (Å²) in [7, 11) is 3.50. The molecule has 0 heterocycles. The number of nitrogens with one attached hydrogen (secondary N) is 1. The lowest BCUT2D eigenvalue weighted by Crippen LogP contribution is -2.36. The van der Waals surface area contributed by atoms with Crippen molar-refractivity contribution < 1.29 is 9.53 Å². The first-order valence-corrected chi connectivity index (χ1v) is 5.91. The topological polar surface area (TPSA) is 67.6 Å². The molecule has 0 aliphatic rings. The van der Waals surface area contributed by atoms with Crippen LogP contribution in [0.2, 0.25) is 0 Å². The molecule has 1 rings (SSSR count). The number of nitrogen functional groups attached to an aromatic ring is 1. The first kappa shape index (κ1) is 14.5. The molecule has 0 atom stereocenters. The molecular weight excluding hydrogens is 230 g/mol. The Morgan fingerprint density at radius 3 is 2.83 bits per heavy atom. The fraction of sp³-hybridized carbons (Fsp3) is 0.462.